The van der Waals surface area contributed by atoms with Crippen molar-refractivity contribution in [2.75, 3.05) is 19.5 Å². The molecule has 2 atom stereocenters. The fourth-order valence-electron chi connectivity index (χ4n) is 2.77. The Morgan fingerprint density at radius 2 is 1.59 bits per heavy atom. The number of benzene rings is 2. The number of hydrogen-bond donors (Lipinski definition) is 2. The van der Waals surface area contributed by atoms with Crippen molar-refractivity contribution < 1.29 is 28.6 Å². The van der Waals surface area contributed by atoms with Crippen LogP contribution in [0, 0.1) is 5.92 Å². The van der Waals surface area contributed by atoms with E-state index in [-0.39, 0.29) is 5.92 Å². The van der Waals surface area contributed by atoms with Gasteiger partial charge in [0.25, 0.3) is 11.8 Å². The zero-order valence-electron chi connectivity index (χ0n) is 18.6. The molecule has 2 aromatic carbocycles. The second-order valence-corrected chi connectivity index (χ2v) is 7.77. The van der Waals surface area contributed by atoms with E-state index in [1.54, 1.807) is 56.3 Å². The highest BCUT2D eigenvalue weighted by molar-refractivity contribution is 6.30. The molecule has 2 aromatic rings. The summed E-state index contributed by atoms with van der Waals surface area (Å²) >= 11 is 5.85. The number of nitrogens with one attached hydrogen (secondary N) is 2. The van der Waals surface area contributed by atoms with Gasteiger partial charge in [-0.15, -0.1) is 0 Å². The monoisotopic (exact) mass is 462 g/mol. The van der Waals surface area contributed by atoms with Gasteiger partial charge in [0.1, 0.15) is 17.5 Å². The highest BCUT2D eigenvalue weighted by Gasteiger charge is 2.29. The molecule has 0 heterocycles. The lowest BCUT2D eigenvalue weighted by molar-refractivity contribution is -0.156. The van der Waals surface area contributed by atoms with Gasteiger partial charge in [0.2, 0.25) is 0 Å². The zero-order chi connectivity index (χ0) is 23.8. The van der Waals surface area contributed by atoms with E-state index in [1.807, 2.05) is 0 Å². The fraction of sp³-hybridized carbons (Fsp3) is 0.348. The van der Waals surface area contributed by atoms with Gasteiger partial charge in [-0.25, -0.2) is 4.79 Å². The van der Waals surface area contributed by atoms with Crippen LogP contribution in [0.3, 0.4) is 0 Å². The Hall–Kier alpha value is -3.26. The van der Waals surface area contributed by atoms with Crippen molar-refractivity contribution in [2.24, 2.45) is 5.92 Å². The fourth-order valence-corrected chi connectivity index (χ4v) is 2.90. The van der Waals surface area contributed by atoms with Gasteiger partial charge >= 0.3 is 5.97 Å². The molecule has 2 N–H and O–H groups in total. The van der Waals surface area contributed by atoms with Crippen molar-refractivity contribution in [1.29, 1.82) is 0 Å². The highest BCUT2D eigenvalue weighted by atomic mass is 35.5. The summed E-state index contributed by atoms with van der Waals surface area (Å²) in [6.45, 7) is 4.97. The SMILES string of the molecule is COc1ccc(OC)c(NC(=O)C(C)OC(=O)C(NC(=O)c2ccc(Cl)cc2)C(C)C)c1. The van der Waals surface area contributed by atoms with Crippen molar-refractivity contribution in [3.8, 4) is 11.5 Å². The summed E-state index contributed by atoms with van der Waals surface area (Å²) in [5.74, 6) is -1.05. The molecule has 0 saturated carbocycles. The maximum absolute atomic E-state index is 12.7. The van der Waals surface area contributed by atoms with Crippen molar-refractivity contribution in [1.82, 2.24) is 5.32 Å². The van der Waals surface area contributed by atoms with Gasteiger partial charge in [-0.05, 0) is 49.2 Å². The number of amides is 2. The lowest BCUT2D eigenvalue weighted by Crippen LogP contribution is -2.47. The van der Waals surface area contributed by atoms with Crippen LogP contribution >= 0.6 is 11.6 Å². The number of carbonyl (C=O) groups is 3. The van der Waals surface area contributed by atoms with Crippen molar-refractivity contribution in [2.45, 2.75) is 32.9 Å². The predicted molar refractivity (Wildman–Crippen MR) is 121 cm³/mol. The number of esters is 1. The average Bonchev–Trinajstić information content (AvgIpc) is 2.77. The Labute approximate surface area is 192 Å². The molecule has 2 rings (SSSR count). The van der Waals surface area contributed by atoms with E-state index in [1.165, 1.54) is 21.1 Å². The molecule has 0 bridgehead atoms. The summed E-state index contributed by atoms with van der Waals surface area (Å²) in [4.78, 5) is 37.8. The molecule has 0 saturated heterocycles. The molecule has 8 nitrogen and oxygen atoms in total. The van der Waals surface area contributed by atoms with E-state index in [0.717, 1.165) is 0 Å². The molecule has 32 heavy (non-hydrogen) atoms. The van der Waals surface area contributed by atoms with Gasteiger partial charge in [-0.1, -0.05) is 25.4 Å². The first-order valence-corrected chi connectivity index (χ1v) is 10.3. The van der Waals surface area contributed by atoms with E-state index >= 15 is 0 Å². The molecule has 0 aromatic heterocycles. The maximum atomic E-state index is 12.7. The van der Waals surface area contributed by atoms with Crippen LogP contribution in [0.5, 0.6) is 11.5 Å². The second kappa shape index (κ2) is 11.4. The topological polar surface area (TPSA) is 103 Å². The van der Waals surface area contributed by atoms with Crippen LogP contribution < -0.4 is 20.1 Å². The molecule has 0 radical (unpaired) electrons. The molecule has 9 heteroatoms. The molecule has 0 fully saturated rings. The molecule has 0 aliphatic heterocycles. The quantitative estimate of drug-likeness (QED) is 0.551. The van der Waals surface area contributed by atoms with Gasteiger partial charge < -0.3 is 24.8 Å². The zero-order valence-corrected chi connectivity index (χ0v) is 19.4. The summed E-state index contributed by atoms with van der Waals surface area (Å²) in [7, 11) is 2.97. The summed E-state index contributed by atoms with van der Waals surface area (Å²) in [6.07, 6.45) is -1.12. The van der Waals surface area contributed by atoms with Crippen LogP contribution in [-0.2, 0) is 14.3 Å². The second-order valence-electron chi connectivity index (χ2n) is 7.34. The minimum Gasteiger partial charge on any atom is -0.497 e. The van der Waals surface area contributed by atoms with E-state index in [4.69, 9.17) is 25.8 Å². The number of halogens is 1. The standard InChI is InChI=1S/C23H27ClN2O6/c1-13(2)20(26-22(28)15-6-8-16(24)9-7-15)23(29)32-14(3)21(27)25-18-12-17(30-4)10-11-19(18)31-5/h6-14,20H,1-5H3,(H,25,27)(H,26,28). The first-order valence-electron chi connectivity index (χ1n) is 9.96. The number of hydrogen-bond acceptors (Lipinski definition) is 6. The van der Waals surface area contributed by atoms with Crippen LogP contribution in [0.15, 0.2) is 42.5 Å². The number of carbonyl (C=O) groups excluding carboxylic acids is 3. The first-order chi connectivity index (χ1) is 15.2. The highest BCUT2D eigenvalue weighted by Crippen LogP contribution is 2.29. The third-order valence-corrected chi connectivity index (χ3v) is 4.89. The summed E-state index contributed by atoms with van der Waals surface area (Å²) in [6, 6.07) is 10.3. The Bertz CT molecular complexity index is 961. The summed E-state index contributed by atoms with van der Waals surface area (Å²) in [5, 5.41) is 5.81. The van der Waals surface area contributed by atoms with Crippen LogP contribution in [-0.4, -0.2) is 44.1 Å². The third-order valence-electron chi connectivity index (χ3n) is 4.64. The molecule has 2 amide bonds. The van der Waals surface area contributed by atoms with E-state index in [2.05, 4.69) is 10.6 Å². The molecule has 0 aliphatic carbocycles. The van der Waals surface area contributed by atoms with Gasteiger partial charge in [-0.3, -0.25) is 9.59 Å². The molecular weight excluding hydrogens is 436 g/mol. The number of rotatable bonds is 9. The molecule has 0 aliphatic rings. The van der Waals surface area contributed by atoms with E-state index in [9.17, 15) is 14.4 Å². The molecular formula is C23H27ClN2O6. The summed E-state index contributed by atoms with van der Waals surface area (Å²) in [5.41, 5.74) is 0.722. The summed E-state index contributed by atoms with van der Waals surface area (Å²) < 4.78 is 15.7. The normalized spacial score (nSPS) is 12.5. The first kappa shape index (κ1) is 25.0. The Kier molecular flexibility index (Phi) is 8.90. The minimum atomic E-state index is -1.12. The van der Waals surface area contributed by atoms with Gasteiger partial charge in [-0.2, -0.15) is 0 Å². The van der Waals surface area contributed by atoms with Crippen molar-refractivity contribution in [3.05, 3.63) is 53.1 Å². The maximum Gasteiger partial charge on any atom is 0.329 e. The average molecular weight is 463 g/mol. The molecule has 2 unspecified atom stereocenters. The Morgan fingerprint density at radius 3 is 2.16 bits per heavy atom. The number of anilines is 1. The van der Waals surface area contributed by atoms with Crippen molar-refractivity contribution in [3.63, 3.8) is 0 Å². The van der Waals surface area contributed by atoms with Gasteiger partial charge in [0, 0.05) is 16.7 Å². The lowest BCUT2D eigenvalue weighted by Gasteiger charge is -2.23. The van der Waals surface area contributed by atoms with E-state index < -0.39 is 29.9 Å². The Morgan fingerprint density at radius 1 is 0.938 bits per heavy atom. The van der Waals surface area contributed by atoms with Crippen LogP contribution in [0.2, 0.25) is 5.02 Å². The molecule has 0 spiro atoms. The van der Waals surface area contributed by atoms with Gasteiger partial charge in [0.15, 0.2) is 6.10 Å². The predicted octanol–water partition coefficient (Wildman–Crippen LogP) is 3.68. The Balaban J connectivity index is 2.05. The molecule has 172 valence electrons. The van der Waals surface area contributed by atoms with E-state index in [0.29, 0.717) is 27.8 Å². The largest absolute Gasteiger partial charge is 0.497 e. The smallest absolute Gasteiger partial charge is 0.329 e. The van der Waals surface area contributed by atoms with Crippen molar-refractivity contribution >= 4 is 35.1 Å². The van der Waals surface area contributed by atoms with Gasteiger partial charge in [0.05, 0.1) is 19.9 Å². The number of ether oxygens (including phenoxy) is 3. The lowest BCUT2D eigenvalue weighted by atomic mass is 10.0. The van der Waals surface area contributed by atoms with Crippen LogP contribution in [0.4, 0.5) is 5.69 Å². The van der Waals surface area contributed by atoms with Crippen LogP contribution in [0.1, 0.15) is 31.1 Å². The third kappa shape index (κ3) is 6.62. The van der Waals surface area contributed by atoms with Crippen LogP contribution in [0.25, 0.3) is 0 Å². The number of methoxy groups -OCH3 is 2. The minimum absolute atomic E-state index is 0.271.